The van der Waals surface area contributed by atoms with E-state index < -0.39 is 9.84 Å². The zero-order valence-corrected chi connectivity index (χ0v) is 12.5. The van der Waals surface area contributed by atoms with Gasteiger partial charge >= 0.3 is 0 Å². The van der Waals surface area contributed by atoms with E-state index in [0.29, 0.717) is 15.6 Å². The fourth-order valence-electron chi connectivity index (χ4n) is 2.34. The van der Waals surface area contributed by atoms with Crippen molar-refractivity contribution < 1.29 is 8.42 Å². The van der Waals surface area contributed by atoms with E-state index in [1.54, 1.807) is 23.0 Å². The number of aryl methyl sites for hydroxylation is 1. The highest BCUT2D eigenvalue weighted by molar-refractivity contribution is 9.10. The first kappa shape index (κ1) is 12.7. The van der Waals surface area contributed by atoms with Crippen molar-refractivity contribution in [1.29, 1.82) is 0 Å². The SMILES string of the molecule is Cn1ccc2c(Br)c(=O)c3c(c-2c1)S(=O)(=O)CCN3. The second-order valence-corrected chi connectivity index (χ2v) is 7.37. The van der Waals surface area contributed by atoms with Gasteiger partial charge in [0.2, 0.25) is 5.43 Å². The normalized spacial score (nSPS) is 16.9. The van der Waals surface area contributed by atoms with Crippen LogP contribution in [-0.4, -0.2) is 25.3 Å². The van der Waals surface area contributed by atoms with Gasteiger partial charge in [-0.15, -0.1) is 0 Å². The Hall–Kier alpha value is -1.34. The van der Waals surface area contributed by atoms with Crippen LogP contribution in [0.5, 0.6) is 0 Å². The van der Waals surface area contributed by atoms with Crippen molar-refractivity contribution in [2.75, 3.05) is 17.6 Å². The number of halogens is 1. The Morgan fingerprint density at radius 2 is 2.11 bits per heavy atom. The molecule has 100 valence electrons. The van der Waals surface area contributed by atoms with Crippen molar-refractivity contribution in [2.45, 2.75) is 4.90 Å². The molecule has 0 radical (unpaired) electrons. The lowest BCUT2D eigenvalue weighted by molar-refractivity contribution is 0.595. The number of hydrogen-bond donors (Lipinski definition) is 1. The molecule has 0 saturated carbocycles. The first-order chi connectivity index (χ1) is 8.92. The molecular formula is C12H11BrN2O3S. The molecule has 0 aromatic carbocycles. The monoisotopic (exact) mass is 342 g/mol. The maximum absolute atomic E-state index is 12.3. The molecule has 1 N–H and O–H groups in total. The van der Waals surface area contributed by atoms with Crippen molar-refractivity contribution >= 4 is 31.5 Å². The Morgan fingerprint density at radius 1 is 1.37 bits per heavy atom. The number of nitrogens with one attached hydrogen (secondary N) is 1. The molecule has 0 amide bonds. The molecule has 0 fully saturated rings. The van der Waals surface area contributed by atoms with Gasteiger partial charge in [0.15, 0.2) is 9.84 Å². The van der Waals surface area contributed by atoms with Gasteiger partial charge in [-0.25, -0.2) is 8.42 Å². The lowest BCUT2D eigenvalue weighted by Gasteiger charge is -2.23. The summed E-state index contributed by atoms with van der Waals surface area (Å²) in [6, 6.07) is 1.74. The van der Waals surface area contributed by atoms with Crippen molar-refractivity contribution in [3.63, 3.8) is 0 Å². The number of rotatable bonds is 0. The van der Waals surface area contributed by atoms with Gasteiger partial charge in [0.05, 0.1) is 10.2 Å². The summed E-state index contributed by atoms with van der Waals surface area (Å²) >= 11 is 3.27. The largest absolute Gasteiger partial charge is 0.380 e. The zero-order valence-electron chi connectivity index (χ0n) is 10.1. The van der Waals surface area contributed by atoms with Crippen LogP contribution in [-0.2, 0) is 16.9 Å². The van der Waals surface area contributed by atoms with Crippen molar-refractivity contribution in [3.8, 4) is 11.1 Å². The third-order valence-corrected chi connectivity index (χ3v) is 5.79. The molecule has 0 saturated heterocycles. The summed E-state index contributed by atoms with van der Waals surface area (Å²) in [6.45, 7) is 0.265. The summed E-state index contributed by atoms with van der Waals surface area (Å²) in [6.07, 6.45) is 3.50. The third-order valence-electron chi connectivity index (χ3n) is 3.22. The van der Waals surface area contributed by atoms with Crippen LogP contribution in [0.15, 0.2) is 32.6 Å². The quantitative estimate of drug-likeness (QED) is 0.786. The van der Waals surface area contributed by atoms with Gasteiger partial charge in [-0.3, -0.25) is 4.79 Å². The summed E-state index contributed by atoms with van der Waals surface area (Å²) in [5, 5.41) is 2.91. The molecular weight excluding hydrogens is 332 g/mol. The molecule has 2 aliphatic heterocycles. The van der Waals surface area contributed by atoms with Crippen LogP contribution in [0.3, 0.4) is 0 Å². The summed E-state index contributed by atoms with van der Waals surface area (Å²) in [5.41, 5.74) is 1.06. The van der Waals surface area contributed by atoms with Crippen molar-refractivity contribution in [2.24, 2.45) is 7.05 Å². The van der Waals surface area contributed by atoms with Crippen molar-refractivity contribution in [1.82, 2.24) is 4.57 Å². The molecule has 3 aliphatic rings. The topological polar surface area (TPSA) is 68.2 Å². The van der Waals surface area contributed by atoms with E-state index in [2.05, 4.69) is 21.2 Å². The molecule has 0 aromatic rings. The molecule has 5 nitrogen and oxygen atoms in total. The highest BCUT2D eigenvalue weighted by Gasteiger charge is 2.32. The van der Waals surface area contributed by atoms with Gasteiger partial charge in [-0.2, -0.15) is 0 Å². The van der Waals surface area contributed by atoms with Gasteiger partial charge in [-0.1, -0.05) is 0 Å². The van der Waals surface area contributed by atoms with E-state index in [9.17, 15) is 13.2 Å². The Morgan fingerprint density at radius 3 is 2.84 bits per heavy atom. The van der Waals surface area contributed by atoms with Crippen LogP contribution in [0, 0.1) is 0 Å². The van der Waals surface area contributed by atoms with Crippen LogP contribution in [0.4, 0.5) is 5.69 Å². The van der Waals surface area contributed by atoms with E-state index in [0.717, 1.165) is 0 Å². The van der Waals surface area contributed by atoms with E-state index in [-0.39, 0.29) is 28.3 Å². The van der Waals surface area contributed by atoms with Gasteiger partial charge in [-0.05, 0) is 22.0 Å². The Kier molecular flexibility index (Phi) is 2.72. The predicted octanol–water partition coefficient (Wildman–Crippen LogP) is 1.45. The minimum absolute atomic E-state index is 0.00871. The Labute approximate surface area is 118 Å². The minimum Gasteiger partial charge on any atom is -0.380 e. The van der Waals surface area contributed by atoms with E-state index in [1.165, 1.54) is 0 Å². The minimum atomic E-state index is -3.42. The molecule has 1 aliphatic carbocycles. The molecule has 19 heavy (non-hydrogen) atoms. The summed E-state index contributed by atoms with van der Waals surface area (Å²) in [5.74, 6) is 0.00871. The molecule has 0 unspecified atom stereocenters. The number of anilines is 1. The van der Waals surface area contributed by atoms with E-state index in [1.807, 2.05) is 7.05 Å². The molecule has 0 atom stereocenters. The fraction of sp³-hybridized carbons (Fsp3) is 0.250. The van der Waals surface area contributed by atoms with E-state index in [4.69, 9.17) is 0 Å². The van der Waals surface area contributed by atoms with E-state index >= 15 is 0 Å². The number of hydrogen-bond acceptors (Lipinski definition) is 4. The van der Waals surface area contributed by atoms with Crippen LogP contribution in [0.25, 0.3) is 11.1 Å². The Bertz CT molecular complexity index is 811. The van der Waals surface area contributed by atoms with Gasteiger partial charge in [0.1, 0.15) is 10.6 Å². The molecule has 0 spiro atoms. The fourth-order valence-corrected chi connectivity index (χ4v) is 4.43. The van der Waals surface area contributed by atoms with Crippen LogP contribution < -0.4 is 10.7 Å². The van der Waals surface area contributed by atoms with Crippen LogP contribution in [0.2, 0.25) is 0 Å². The Balaban J connectivity index is 2.58. The summed E-state index contributed by atoms with van der Waals surface area (Å²) < 4.78 is 26.7. The predicted molar refractivity (Wildman–Crippen MR) is 76.5 cm³/mol. The second kappa shape index (κ2) is 4.08. The number of sulfone groups is 1. The van der Waals surface area contributed by atoms with Crippen molar-refractivity contribution in [3.05, 3.63) is 33.2 Å². The number of pyridine rings is 1. The van der Waals surface area contributed by atoms with Gasteiger partial charge < -0.3 is 9.88 Å². The molecule has 2 heterocycles. The molecule has 7 heteroatoms. The lowest BCUT2D eigenvalue weighted by Crippen LogP contribution is -2.29. The van der Waals surface area contributed by atoms with Crippen LogP contribution >= 0.6 is 15.9 Å². The second-order valence-electron chi connectivity index (χ2n) is 4.53. The number of aromatic nitrogens is 1. The smallest absolute Gasteiger partial charge is 0.217 e. The van der Waals surface area contributed by atoms with Gasteiger partial charge in [0.25, 0.3) is 0 Å². The maximum Gasteiger partial charge on any atom is 0.217 e. The summed E-state index contributed by atoms with van der Waals surface area (Å²) in [4.78, 5) is 12.3. The molecule has 3 rings (SSSR count). The number of nitrogens with zero attached hydrogens (tertiary/aromatic N) is 1. The number of fused-ring (bicyclic) bond motifs is 3. The summed E-state index contributed by atoms with van der Waals surface area (Å²) in [7, 11) is -1.61. The maximum atomic E-state index is 12.3. The van der Waals surface area contributed by atoms with Gasteiger partial charge in [0, 0.05) is 37.1 Å². The number of benzene rings is 1. The van der Waals surface area contributed by atoms with Crippen LogP contribution in [0.1, 0.15) is 0 Å². The molecule has 0 bridgehead atoms. The average molecular weight is 343 g/mol. The third kappa shape index (κ3) is 1.80. The zero-order chi connectivity index (χ0) is 13.8. The molecule has 0 aromatic heterocycles. The lowest BCUT2D eigenvalue weighted by atomic mass is 10.0. The highest BCUT2D eigenvalue weighted by Crippen LogP contribution is 2.38. The average Bonchev–Trinajstić information content (AvgIpc) is 2.34. The standard InChI is InChI=1S/C12H11BrN2O3S/c1-15-4-2-7-8(6-15)12-10(11(16)9(7)13)14-3-5-19(12,17)18/h2,4,6,14H,3,5H2,1H3. The first-order valence-corrected chi connectivity index (χ1v) is 8.14. The highest BCUT2D eigenvalue weighted by atomic mass is 79.9. The first-order valence-electron chi connectivity index (χ1n) is 5.70.